The van der Waals surface area contributed by atoms with Crippen LogP contribution in [0.15, 0.2) is 60.7 Å². The predicted octanol–water partition coefficient (Wildman–Crippen LogP) is 5.69. The molecule has 32 heavy (non-hydrogen) atoms. The predicted molar refractivity (Wildman–Crippen MR) is 114 cm³/mol. The average Bonchev–Trinajstić information content (AvgIpc) is 2.69. The van der Waals surface area contributed by atoms with E-state index in [0.717, 1.165) is 24.3 Å². The van der Waals surface area contributed by atoms with Crippen molar-refractivity contribution in [1.82, 2.24) is 0 Å². The van der Waals surface area contributed by atoms with Crippen LogP contribution in [-0.4, -0.2) is 12.6 Å². The van der Waals surface area contributed by atoms with Crippen molar-refractivity contribution >= 4 is 24.2 Å². The Bertz CT molecular complexity index is 1220. The normalized spacial score (nSPS) is 13.3. The highest BCUT2D eigenvalue weighted by Gasteiger charge is 2.32. The zero-order valence-corrected chi connectivity index (χ0v) is 17.9. The van der Waals surface area contributed by atoms with Crippen LogP contribution in [0.3, 0.4) is 0 Å². The number of nitrogens with one attached hydrogen (secondary N) is 1. The van der Waals surface area contributed by atoms with Gasteiger partial charge in [-0.2, -0.15) is 13.2 Å². The number of nitrogens with two attached hydrogens (primary N) is 1. The van der Waals surface area contributed by atoms with Crippen LogP contribution < -0.4 is 20.9 Å². The van der Waals surface area contributed by atoms with Crippen LogP contribution in [0.1, 0.15) is 21.5 Å². The summed E-state index contributed by atoms with van der Waals surface area (Å²) in [5, 5.41) is 2.86. The van der Waals surface area contributed by atoms with Crippen molar-refractivity contribution in [1.29, 1.82) is 0 Å². The van der Waals surface area contributed by atoms with E-state index in [1.165, 1.54) is 31.8 Å². The molecule has 0 heterocycles. The van der Waals surface area contributed by atoms with Gasteiger partial charge in [0.1, 0.15) is 17.3 Å². The van der Waals surface area contributed by atoms with Crippen LogP contribution in [0.4, 0.5) is 23.2 Å². The van der Waals surface area contributed by atoms with Crippen molar-refractivity contribution in [2.24, 2.45) is 5.50 Å². The van der Waals surface area contributed by atoms with Crippen molar-refractivity contribution in [2.45, 2.75) is 13.1 Å². The first kappa shape index (κ1) is 23.5. The fourth-order valence-electron chi connectivity index (χ4n) is 2.87. The van der Waals surface area contributed by atoms with Crippen LogP contribution >= 0.6 is 7.29 Å². The summed E-state index contributed by atoms with van der Waals surface area (Å²) in [6.07, 6.45) is -4.66. The molecule has 168 valence electrons. The van der Waals surface area contributed by atoms with Crippen LogP contribution in [0, 0.1) is 12.7 Å². The maximum atomic E-state index is 13.4. The fraction of sp³-hybridized carbons (Fsp3) is 0.136. The molecular weight excluding hydrogens is 447 g/mol. The summed E-state index contributed by atoms with van der Waals surface area (Å²) in [5.41, 5.74) is 5.05. The van der Waals surface area contributed by atoms with Crippen LogP contribution in [0.25, 0.3) is 0 Å². The third-order valence-corrected chi connectivity index (χ3v) is 5.83. The van der Waals surface area contributed by atoms with E-state index in [0.29, 0.717) is 16.9 Å². The molecule has 1 unspecified atom stereocenters. The molecule has 0 spiro atoms. The molecule has 1 amide bonds. The van der Waals surface area contributed by atoms with Crippen molar-refractivity contribution in [3.8, 4) is 11.5 Å². The summed E-state index contributed by atoms with van der Waals surface area (Å²) < 4.78 is 70.7. The SMILES string of the molecule is Cc1cc(F)ccc1Oc1cc(C(F)(F)F)ccc1C(=O)Nc1cccc(P(C)(N)=O)c1. The molecule has 0 saturated heterocycles. The molecule has 0 aliphatic rings. The number of carbonyl (C=O) groups excluding carboxylic acids is 1. The summed E-state index contributed by atoms with van der Waals surface area (Å²) in [6, 6.07) is 12.0. The van der Waals surface area contributed by atoms with Gasteiger partial charge in [-0.25, -0.2) is 4.39 Å². The lowest BCUT2D eigenvalue weighted by atomic mass is 10.1. The Morgan fingerprint density at radius 2 is 1.75 bits per heavy atom. The van der Waals surface area contributed by atoms with E-state index in [2.05, 4.69) is 5.32 Å². The zero-order valence-electron chi connectivity index (χ0n) is 17.0. The molecule has 0 saturated carbocycles. The summed E-state index contributed by atoms with van der Waals surface area (Å²) in [7, 11) is -3.08. The third kappa shape index (κ3) is 5.55. The van der Waals surface area contributed by atoms with E-state index in [9.17, 15) is 26.9 Å². The van der Waals surface area contributed by atoms with Crippen molar-refractivity contribution in [2.75, 3.05) is 12.0 Å². The molecule has 10 heteroatoms. The highest BCUT2D eigenvalue weighted by Crippen LogP contribution is 2.36. The molecule has 0 aliphatic carbocycles. The number of amides is 1. The Kier molecular flexibility index (Phi) is 6.44. The van der Waals surface area contributed by atoms with E-state index in [-0.39, 0.29) is 22.7 Å². The molecule has 1 atom stereocenters. The lowest BCUT2D eigenvalue weighted by Crippen LogP contribution is -2.16. The summed E-state index contributed by atoms with van der Waals surface area (Å²) in [5.74, 6) is -1.56. The highest BCUT2D eigenvalue weighted by atomic mass is 31.2. The number of halogens is 4. The molecule has 0 fully saturated rings. The van der Waals surface area contributed by atoms with Gasteiger partial charge in [0.05, 0.1) is 11.1 Å². The number of ether oxygens (including phenoxy) is 1. The van der Waals surface area contributed by atoms with Gasteiger partial charge in [0, 0.05) is 17.7 Å². The van der Waals surface area contributed by atoms with Gasteiger partial charge in [0.2, 0.25) is 0 Å². The van der Waals surface area contributed by atoms with Crippen LogP contribution in [0.2, 0.25) is 0 Å². The monoisotopic (exact) mass is 466 g/mol. The smallest absolute Gasteiger partial charge is 0.416 e. The summed E-state index contributed by atoms with van der Waals surface area (Å²) >= 11 is 0. The average molecular weight is 466 g/mol. The Morgan fingerprint density at radius 3 is 2.38 bits per heavy atom. The second-order valence-corrected chi connectivity index (χ2v) is 9.71. The number of alkyl halides is 3. The van der Waals surface area contributed by atoms with Gasteiger partial charge in [-0.1, -0.05) is 12.1 Å². The van der Waals surface area contributed by atoms with E-state index < -0.39 is 30.8 Å². The van der Waals surface area contributed by atoms with Gasteiger partial charge >= 0.3 is 6.18 Å². The third-order valence-electron chi connectivity index (χ3n) is 4.53. The molecule has 3 N–H and O–H groups in total. The van der Waals surface area contributed by atoms with E-state index in [4.69, 9.17) is 10.2 Å². The molecule has 0 bridgehead atoms. The second-order valence-electron chi connectivity index (χ2n) is 7.22. The molecule has 3 aromatic rings. The quantitative estimate of drug-likeness (QED) is 0.374. The molecule has 0 aromatic heterocycles. The standard InChI is InChI=1S/C22H19F4N2O3P/c1-13-10-15(23)7-9-19(13)31-20-11-14(22(24,25)26)6-8-18(20)21(29)28-16-4-3-5-17(12-16)32(2,27)30/h3-12H,1-2H3,(H2,27,30)(H,28,29). The molecular formula is C22H19F4N2O3P. The Morgan fingerprint density at radius 1 is 1.03 bits per heavy atom. The molecule has 5 nitrogen and oxygen atoms in total. The minimum atomic E-state index is -4.66. The van der Waals surface area contributed by atoms with E-state index in [1.807, 2.05) is 0 Å². The minimum absolute atomic E-state index is 0.0943. The van der Waals surface area contributed by atoms with Gasteiger partial charge in [0.25, 0.3) is 5.91 Å². The zero-order chi connectivity index (χ0) is 23.7. The number of anilines is 1. The minimum Gasteiger partial charge on any atom is -0.456 e. The molecule has 0 radical (unpaired) electrons. The first-order chi connectivity index (χ1) is 14.8. The summed E-state index contributed by atoms with van der Waals surface area (Å²) in [4.78, 5) is 12.9. The van der Waals surface area contributed by atoms with Gasteiger partial charge < -0.3 is 14.6 Å². The molecule has 3 aromatic carbocycles. The van der Waals surface area contributed by atoms with Gasteiger partial charge in [-0.05, 0) is 61.0 Å². The maximum Gasteiger partial charge on any atom is 0.416 e. The van der Waals surface area contributed by atoms with Gasteiger partial charge in [0.15, 0.2) is 7.29 Å². The first-order valence-corrected chi connectivity index (χ1v) is 11.5. The second kappa shape index (κ2) is 8.76. The van der Waals surface area contributed by atoms with Crippen molar-refractivity contribution in [3.05, 3.63) is 83.2 Å². The lowest BCUT2D eigenvalue weighted by Gasteiger charge is -2.16. The number of benzene rings is 3. The van der Waals surface area contributed by atoms with Gasteiger partial charge in [-0.15, -0.1) is 0 Å². The number of carbonyl (C=O) groups is 1. The molecule has 0 aliphatic heterocycles. The Labute approximate surface area is 181 Å². The Balaban J connectivity index is 1.99. The van der Waals surface area contributed by atoms with Crippen molar-refractivity contribution < 1.29 is 31.7 Å². The maximum absolute atomic E-state index is 13.4. The number of hydrogen-bond donors (Lipinski definition) is 2. The number of aryl methyl sites for hydroxylation is 1. The first-order valence-electron chi connectivity index (χ1n) is 9.28. The number of hydrogen-bond acceptors (Lipinski definition) is 3. The largest absolute Gasteiger partial charge is 0.456 e. The van der Waals surface area contributed by atoms with Crippen molar-refractivity contribution in [3.63, 3.8) is 0 Å². The highest BCUT2D eigenvalue weighted by molar-refractivity contribution is 7.68. The lowest BCUT2D eigenvalue weighted by molar-refractivity contribution is -0.137. The van der Waals surface area contributed by atoms with Crippen LogP contribution in [-0.2, 0) is 10.7 Å². The number of rotatable bonds is 5. The fourth-order valence-corrected chi connectivity index (χ4v) is 3.65. The van der Waals surface area contributed by atoms with E-state index >= 15 is 0 Å². The van der Waals surface area contributed by atoms with Gasteiger partial charge in [-0.3, -0.25) is 10.3 Å². The summed E-state index contributed by atoms with van der Waals surface area (Å²) in [6.45, 7) is 2.88. The van der Waals surface area contributed by atoms with E-state index in [1.54, 1.807) is 12.1 Å². The molecule has 3 rings (SSSR count). The topological polar surface area (TPSA) is 81.4 Å². The van der Waals surface area contributed by atoms with Crippen LogP contribution in [0.5, 0.6) is 11.5 Å². The Hall–Kier alpha value is -3.16.